The van der Waals surface area contributed by atoms with Crippen molar-refractivity contribution in [1.29, 1.82) is 0 Å². The summed E-state index contributed by atoms with van der Waals surface area (Å²) < 4.78 is 5.41. The lowest BCUT2D eigenvalue weighted by atomic mass is 9.90. The normalized spacial score (nSPS) is 15.7. The number of likely N-dealkylation sites (tertiary alicyclic amines) is 1. The first-order chi connectivity index (χ1) is 11.8. The van der Waals surface area contributed by atoms with Crippen molar-refractivity contribution in [3.8, 4) is 0 Å². The molecule has 6 heteroatoms. The van der Waals surface area contributed by atoms with Crippen LogP contribution in [0.4, 0.5) is 4.79 Å². The average molecular weight is 346 g/mol. The van der Waals surface area contributed by atoms with Crippen LogP contribution < -0.4 is 0 Å². The molecular formula is C19H26N2O4. The molecule has 1 saturated heterocycles. The Morgan fingerprint density at radius 2 is 1.92 bits per heavy atom. The summed E-state index contributed by atoms with van der Waals surface area (Å²) in [5.41, 5.74) is 0.906. The minimum Gasteiger partial charge on any atom is -0.444 e. The predicted molar refractivity (Wildman–Crippen MR) is 95.4 cm³/mol. The van der Waals surface area contributed by atoms with E-state index in [1.807, 2.05) is 26.8 Å². The van der Waals surface area contributed by atoms with Crippen molar-refractivity contribution in [3.63, 3.8) is 0 Å². The van der Waals surface area contributed by atoms with E-state index in [-0.39, 0.29) is 6.09 Å². The second-order valence-electron chi connectivity index (χ2n) is 7.55. The molecule has 0 unspecified atom stereocenters. The predicted octanol–water partition coefficient (Wildman–Crippen LogP) is 4.17. The average Bonchev–Trinajstić information content (AvgIpc) is 2.58. The number of aryl methyl sites for hydroxylation is 1. The summed E-state index contributed by atoms with van der Waals surface area (Å²) in [6.07, 6.45) is 3.51. The van der Waals surface area contributed by atoms with Gasteiger partial charge in [-0.3, -0.25) is 4.79 Å². The molecule has 6 nitrogen and oxygen atoms in total. The topological polar surface area (TPSA) is 76.0 Å². The van der Waals surface area contributed by atoms with Crippen LogP contribution in [0.1, 0.15) is 56.0 Å². The molecular weight excluding hydrogens is 320 g/mol. The molecule has 0 radical (unpaired) electrons. The van der Waals surface area contributed by atoms with E-state index >= 15 is 0 Å². The summed E-state index contributed by atoms with van der Waals surface area (Å²) in [6.45, 7) is 7.05. The van der Waals surface area contributed by atoms with E-state index in [9.17, 15) is 14.5 Å². The van der Waals surface area contributed by atoms with Gasteiger partial charge in [-0.2, -0.15) is 0 Å². The van der Waals surface area contributed by atoms with Gasteiger partial charge in [0.25, 0.3) is 0 Å². The van der Waals surface area contributed by atoms with Crippen LogP contribution in [0.2, 0.25) is 0 Å². The SMILES string of the molecule is CC(C)(C)OC(=O)N1CCC(CCc2cccc(C(=O)N=O)c2)CC1. The van der Waals surface area contributed by atoms with Crippen molar-refractivity contribution >= 4 is 12.0 Å². The lowest BCUT2D eigenvalue weighted by molar-refractivity contribution is 0.0181. The van der Waals surface area contributed by atoms with Crippen LogP contribution in [0, 0.1) is 10.8 Å². The number of benzene rings is 1. The lowest BCUT2D eigenvalue weighted by Gasteiger charge is -2.33. The zero-order valence-electron chi connectivity index (χ0n) is 15.2. The molecule has 25 heavy (non-hydrogen) atoms. The molecule has 1 aliphatic heterocycles. The maximum atomic E-state index is 12.1. The van der Waals surface area contributed by atoms with Gasteiger partial charge in [-0.15, -0.1) is 4.91 Å². The van der Waals surface area contributed by atoms with E-state index in [1.54, 1.807) is 23.1 Å². The first-order valence-corrected chi connectivity index (χ1v) is 8.73. The molecule has 1 fully saturated rings. The largest absolute Gasteiger partial charge is 0.444 e. The number of nitrogens with zero attached hydrogens (tertiary/aromatic N) is 2. The summed E-state index contributed by atoms with van der Waals surface area (Å²) in [5.74, 6) is -0.185. The van der Waals surface area contributed by atoms with Crippen LogP contribution in [0.5, 0.6) is 0 Å². The summed E-state index contributed by atoms with van der Waals surface area (Å²) in [7, 11) is 0. The van der Waals surface area contributed by atoms with Crippen LogP contribution in [-0.2, 0) is 11.2 Å². The van der Waals surface area contributed by atoms with Crippen LogP contribution in [-0.4, -0.2) is 35.6 Å². The molecule has 1 aliphatic rings. The number of carbonyl (C=O) groups excluding carboxylic acids is 2. The van der Waals surface area contributed by atoms with Gasteiger partial charge in [0.1, 0.15) is 5.60 Å². The molecule has 0 aliphatic carbocycles. The number of ether oxygens (including phenoxy) is 1. The third kappa shape index (κ3) is 5.96. The second kappa shape index (κ2) is 8.23. The molecule has 0 atom stereocenters. The molecule has 1 heterocycles. The maximum Gasteiger partial charge on any atom is 0.410 e. The number of rotatable bonds is 4. The van der Waals surface area contributed by atoms with Gasteiger partial charge in [0, 0.05) is 23.8 Å². The van der Waals surface area contributed by atoms with E-state index < -0.39 is 11.5 Å². The van der Waals surface area contributed by atoms with Gasteiger partial charge in [0.2, 0.25) is 0 Å². The Labute approximate surface area is 148 Å². The fourth-order valence-corrected chi connectivity index (χ4v) is 3.01. The number of carbonyl (C=O) groups is 2. The fraction of sp³-hybridized carbons (Fsp3) is 0.579. The highest BCUT2D eigenvalue weighted by Crippen LogP contribution is 2.24. The second-order valence-corrected chi connectivity index (χ2v) is 7.55. The molecule has 136 valence electrons. The minimum absolute atomic E-state index is 0.237. The zero-order valence-corrected chi connectivity index (χ0v) is 15.2. The van der Waals surface area contributed by atoms with Crippen molar-refractivity contribution < 1.29 is 14.3 Å². The Hall–Kier alpha value is -2.24. The van der Waals surface area contributed by atoms with Crippen molar-refractivity contribution in [3.05, 3.63) is 40.3 Å². The fourth-order valence-electron chi connectivity index (χ4n) is 3.01. The molecule has 1 aromatic rings. The van der Waals surface area contributed by atoms with Gasteiger partial charge >= 0.3 is 12.0 Å². The van der Waals surface area contributed by atoms with E-state index in [0.717, 1.165) is 31.2 Å². The summed E-state index contributed by atoms with van der Waals surface area (Å²) in [4.78, 5) is 35.5. The molecule has 0 aromatic heterocycles. The van der Waals surface area contributed by atoms with Gasteiger partial charge in [0.05, 0.1) is 0 Å². The first kappa shape index (κ1) is 19.1. The quantitative estimate of drug-likeness (QED) is 0.767. The highest BCUT2D eigenvalue weighted by Gasteiger charge is 2.26. The van der Waals surface area contributed by atoms with E-state index in [2.05, 4.69) is 5.18 Å². The Morgan fingerprint density at radius 1 is 1.24 bits per heavy atom. The molecule has 2 rings (SSSR count). The van der Waals surface area contributed by atoms with Gasteiger partial charge in [-0.05, 0) is 70.1 Å². The highest BCUT2D eigenvalue weighted by atomic mass is 16.6. The summed E-state index contributed by atoms with van der Waals surface area (Å²) >= 11 is 0. The Morgan fingerprint density at radius 3 is 2.52 bits per heavy atom. The Kier molecular flexibility index (Phi) is 6.28. The third-order valence-electron chi connectivity index (χ3n) is 4.36. The summed E-state index contributed by atoms with van der Waals surface area (Å²) in [6, 6.07) is 7.07. The molecule has 1 aromatic carbocycles. The van der Waals surface area contributed by atoms with E-state index in [4.69, 9.17) is 4.74 Å². The third-order valence-corrected chi connectivity index (χ3v) is 4.36. The van der Waals surface area contributed by atoms with Gasteiger partial charge in [-0.25, -0.2) is 4.79 Å². The number of hydrogen-bond acceptors (Lipinski definition) is 4. The standard InChI is InChI=1S/C19H26N2O4/c1-19(2,3)25-18(23)21-11-9-14(10-12-21)7-8-15-5-4-6-16(13-15)17(22)20-24/h4-6,13-14H,7-12H2,1-3H3. The number of hydrogen-bond donors (Lipinski definition) is 0. The number of amides is 2. The van der Waals surface area contributed by atoms with Crippen LogP contribution >= 0.6 is 0 Å². The Bertz CT molecular complexity index is 629. The van der Waals surface area contributed by atoms with E-state index in [1.165, 1.54) is 0 Å². The summed E-state index contributed by atoms with van der Waals surface area (Å²) in [5, 5.41) is 2.46. The van der Waals surface area contributed by atoms with Gasteiger partial charge in [0.15, 0.2) is 0 Å². The first-order valence-electron chi connectivity index (χ1n) is 8.73. The van der Waals surface area contributed by atoms with Crippen molar-refractivity contribution in [1.82, 2.24) is 4.90 Å². The van der Waals surface area contributed by atoms with Crippen molar-refractivity contribution in [2.75, 3.05) is 13.1 Å². The smallest absolute Gasteiger partial charge is 0.410 e. The molecule has 2 amide bonds. The molecule has 0 bridgehead atoms. The molecule has 0 spiro atoms. The highest BCUT2D eigenvalue weighted by molar-refractivity contribution is 5.94. The van der Waals surface area contributed by atoms with Gasteiger partial charge < -0.3 is 9.64 Å². The zero-order chi connectivity index (χ0) is 18.4. The monoisotopic (exact) mass is 346 g/mol. The molecule has 0 saturated carbocycles. The number of nitroso groups, excluding NO2 is 1. The van der Waals surface area contributed by atoms with Crippen LogP contribution in [0.25, 0.3) is 0 Å². The number of piperidine rings is 1. The van der Waals surface area contributed by atoms with Crippen LogP contribution in [0.15, 0.2) is 29.4 Å². The maximum absolute atomic E-state index is 12.1. The Balaban J connectivity index is 1.80. The van der Waals surface area contributed by atoms with Crippen molar-refractivity contribution in [2.24, 2.45) is 11.1 Å². The van der Waals surface area contributed by atoms with Crippen LogP contribution in [0.3, 0.4) is 0 Å². The van der Waals surface area contributed by atoms with Gasteiger partial charge in [-0.1, -0.05) is 12.1 Å². The lowest BCUT2D eigenvalue weighted by Crippen LogP contribution is -2.41. The van der Waals surface area contributed by atoms with E-state index in [0.29, 0.717) is 24.6 Å². The minimum atomic E-state index is -0.729. The molecule has 0 N–H and O–H groups in total. The van der Waals surface area contributed by atoms with Crippen molar-refractivity contribution in [2.45, 2.75) is 52.1 Å².